The highest BCUT2D eigenvalue weighted by Gasteiger charge is 2.23. The number of carbonyl (C=O) groups is 2. The van der Waals surface area contributed by atoms with Gasteiger partial charge in [0.15, 0.2) is 21.4 Å². The van der Waals surface area contributed by atoms with Crippen molar-refractivity contribution in [1.82, 2.24) is 15.3 Å². The maximum atomic E-state index is 15.6. The molecule has 0 aliphatic carbocycles. The normalized spacial score (nSPS) is 11.5. The molecule has 5 aromatic rings. The van der Waals surface area contributed by atoms with E-state index >= 15 is 4.39 Å². The molecule has 0 radical (unpaired) electrons. The Bertz CT molecular complexity index is 2000. The van der Waals surface area contributed by atoms with E-state index in [1.165, 1.54) is 47.7 Å². The van der Waals surface area contributed by atoms with Gasteiger partial charge >= 0.3 is 0 Å². The number of halogens is 1. The second kappa shape index (κ2) is 14.1. The summed E-state index contributed by atoms with van der Waals surface area (Å²) in [6.45, 7) is 2.02. The summed E-state index contributed by atoms with van der Waals surface area (Å²) in [5.41, 5.74) is 7.85. The van der Waals surface area contributed by atoms with Crippen LogP contribution in [0.3, 0.4) is 0 Å². The summed E-state index contributed by atoms with van der Waals surface area (Å²) in [6.07, 6.45) is 3.70. The summed E-state index contributed by atoms with van der Waals surface area (Å²) < 4.78 is 51.6. The number of fused-ring (bicyclic) bond motifs is 1. The van der Waals surface area contributed by atoms with E-state index in [4.69, 9.17) is 15.2 Å². The number of rotatable bonds is 13. The Morgan fingerprint density at radius 1 is 1.02 bits per heavy atom. The Morgan fingerprint density at radius 3 is 2.52 bits per heavy atom. The van der Waals surface area contributed by atoms with Crippen LogP contribution in [0.5, 0.6) is 11.5 Å². The van der Waals surface area contributed by atoms with Gasteiger partial charge < -0.3 is 20.5 Å². The van der Waals surface area contributed by atoms with Crippen LogP contribution < -0.4 is 20.7 Å². The molecule has 0 unspecified atom stereocenters. The monoisotopic (exact) mass is 663 g/mol. The van der Waals surface area contributed by atoms with Gasteiger partial charge in [-0.1, -0.05) is 12.1 Å². The van der Waals surface area contributed by atoms with Crippen LogP contribution in [0.15, 0.2) is 84.0 Å². The van der Waals surface area contributed by atoms with Crippen molar-refractivity contribution >= 4 is 54.6 Å². The minimum absolute atomic E-state index is 0.0449. The third-order valence-electron chi connectivity index (χ3n) is 6.74. The van der Waals surface area contributed by atoms with Gasteiger partial charge in [0.05, 0.1) is 43.7 Å². The summed E-state index contributed by atoms with van der Waals surface area (Å²) in [5.74, 6) is -2.21. The van der Waals surface area contributed by atoms with E-state index in [2.05, 4.69) is 15.3 Å². The van der Waals surface area contributed by atoms with E-state index < -0.39 is 33.9 Å². The zero-order valence-electron chi connectivity index (χ0n) is 24.9. The van der Waals surface area contributed by atoms with E-state index in [9.17, 15) is 18.0 Å². The van der Waals surface area contributed by atoms with Crippen molar-refractivity contribution in [2.45, 2.75) is 17.9 Å². The molecular weight excluding hydrogens is 634 g/mol. The van der Waals surface area contributed by atoms with Crippen molar-refractivity contribution < 1.29 is 31.9 Å². The summed E-state index contributed by atoms with van der Waals surface area (Å²) in [4.78, 5) is 35.5. The SMILES string of the molecule is COCCNCc1ccc(-c2cc3nccc(Oc4ccc(N(C(=O)CC(N)=O)c5cccc(S(C)(=O)=O)c5)cc4F)c3s2)nc1. The number of thiophene rings is 1. The lowest BCUT2D eigenvalue weighted by Gasteiger charge is -2.23. The summed E-state index contributed by atoms with van der Waals surface area (Å²) in [6, 6.07) is 16.8. The number of benzene rings is 2. The van der Waals surface area contributed by atoms with Gasteiger partial charge in [-0.05, 0) is 48.0 Å². The molecule has 11 nitrogen and oxygen atoms in total. The van der Waals surface area contributed by atoms with Crippen molar-refractivity contribution in [3.8, 4) is 22.1 Å². The lowest BCUT2D eigenvalue weighted by atomic mass is 10.2. The first-order valence-electron chi connectivity index (χ1n) is 14.0. The van der Waals surface area contributed by atoms with E-state index in [1.54, 1.807) is 25.6 Å². The quantitative estimate of drug-likeness (QED) is 0.131. The maximum absolute atomic E-state index is 15.6. The molecule has 3 N–H and O–H groups in total. The number of amides is 2. The molecule has 3 aromatic heterocycles. The Labute approximate surface area is 268 Å². The Kier molecular flexibility index (Phi) is 10.0. The standard InChI is InChI=1S/C32H30FN5O6S2/c1-43-13-12-35-18-20-6-8-25(37-19-20)29-16-26-32(45-29)28(10-11-36-26)44-27-9-7-22(15-24(27)33)38(31(40)17-30(34)39)21-4-3-5-23(14-21)46(2,41)42/h3-11,14-16,19,35H,12-13,17-18H2,1-2H3,(H2,34,39). The zero-order chi connectivity index (χ0) is 32.8. The van der Waals surface area contributed by atoms with Crippen LogP contribution in [-0.2, 0) is 30.7 Å². The Hall–Kier alpha value is -4.76. The zero-order valence-corrected chi connectivity index (χ0v) is 26.5. The summed E-state index contributed by atoms with van der Waals surface area (Å²) in [5, 5.41) is 3.28. The fraction of sp³-hybridized carbons (Fsp3) is 0.188. The number of anilines is 2. The average molecular weight is 664 g/mol. The van der Waals surface area contributed by atoms with E-state index in [0.29, 0.717) is 29.1 Å². The highest BCUT2D eigenvalue weighted by Crippen LogP contribution is 2.40. The molecule has 2 aromatic carbocycles. The van der Waals surface area contributed by atoms with Gasteiger partial charge in [0.25, 0.3) is 0 Å². The largest absolute Gasteiger partial charge is 0.453 e. The van der Waals surface area contributed by atoms with E-state index in [0.717, 1.165) is 39.9 Å². The van der Waals surface area contributed by atoms with Gasteiger partial charge in [-0.3, -0.25) is 24.5 Å². The molecule has 0 spiro atoms. The minimum Gasteiger partial charge on any atom is -0.453 e. The number of nitrogens with zero attached hydrogens (tertiary/aromatic N) is 3. The van der Waals surface area contributed by atoms with Crippen molar-refractivity contribution in [3.05, 3.63) is 90.5 Å². The fourth-order valence-corrected chi connectivity index (χ4v) is 6.25. The molecule has 3 heterocycles. The first kappa shape index (κ1) is 32.6. The fourth-order valence-electron chi connectivity index (χ4n) is 4.55. The van der Waals surface area contributed by atoms with Gasteiger partial charge in [0.2, 0.25) is 11.8 Å². The Balaban J connectivity index is 1.41. The Morgan fingerprint density at radius 2 is 1.83 bits per heavy atom. The van der Waals surface area contributed by atoms with E-state index in [-0.39, 0.29) is 22.0 Å². The molecule has 0 aliphatic rings. The second-order valence-electron chi connectivity index (χ2n) is 10.2. The molecule has 0 saturated heterocycles. The van der Waals surface area contributed by atoms with Gasteiger partial charge in [0, 0.05) is 51.0 Å². The number of methoxy groups -OCH3 is 1. The van der Waals surface area contributed by atoms with Crippen molar-refractivity contribution in [1.29, 1.82) is 0 Å². The average Bonchev–Trinajstić information content (AvgIpc) is 3.46. The van der Waals surface area contributed by atoms with Crippen LogP contribution in [0.4, 0.5) is 15.8 Å². The first-order valence-corrected chi connectivity index (χ1v) is 16.7. The van der Waals surface area contributed by atoms with Crippen LogP contribution in [0.2, 0.25) is 0 Å². The molecule has 0 saturated carbocycles. The van der Waals surface area contributed by atoms with Crippen molar-refractivity contribution in [2.75, 3.05) is 31.4 Å². The van der Waals surface area contributed by atoms with Gasteiger partial charge in [0.1, 0.15) is 12.2 Å². The number of hydrogen-bond donors (Lipinski definition) is 2. The molecule has 14 heteroatoms. The number of pyridine rings is 2. The predicted octanol–water partition coefficient (Wildman–Crippen LogP) is 4.97. The highest BCUT2D eigenvalue weighted by atomic mass is 32.2. The van der Waals surface area contributed by atoms with Crippen LogP contribution in [0.1, 0.15) is 12.0 Å². The van der Waals surface area contributed by atoms with Crippen LogP contribution >= 0.6 is 11.3 Å². The second-order valence-corrected chi connectivity index (χ2v) is 13.3. The molecule has 0 fully saturated rings. The lowest BCUT2D eigenvalue weighted by Crippen LogP contribution is -2.30. The molecule has 0 aliphatic heterocycles. The van der Waals surface area contributed by atoms with Crippen molar-refractivity contribution in [2.24, 2.45) is 5.73 Å². The number of aromatic nitrogens is 2. The molecule has 5 rings (SSSR count). The lowest BCUT2D eigenvalue weighted by molar-refractivity contribution is -0.125. The molecule has 46 heavy (non-hydrogen) atoms. The third kappa shape index (κ3) is 7.72. The number of primary amides is 1. The van der Waals surface area contributed by atoms with Crippen LogP contribution in [0, 0.1) is 5.82 Å². The van der Waals surface area contributed by atoms with Crippen LogP contribution in [-0.4, -0.2) is 56.7 Å². The number of sulfone groups is 1. The number of nitrogens with two attached hydrogens (primary N) is 1. The highest BCUT2D eigenvalue weighted by molar-refractivity contribution is 7.90. The van der Waals surface area contributed by atoms with Crippen LogP contribution in [0.25, 0.3) is 20.8 Å². The molecule has 2 amide bonds. The van der Waals surface area contributed by atoms with Gasteiger partial charge in [-0.25, -0.2) is 12.8 Å². The number of ether oxygens (including phenoxy) is 2. The summed E-state index contributed by atoms with van der Waals surface area (Å²) >= 11 is 1.40. The molecule has 238 valence electrons. The van der Waals surface area contributed by atoms with E-state index in [1.807, 2.05) is 18.2 Å². The van der Waals surface area contributed by atoms with Crippen molar-refractivity contribution in [3.63, 3.8) is 0 Å². The third-order valence-corrected chi connectivity index (χ3v) is 9.01. The molecular formula is C32H30FN5O6S2. The molecule has 0 bridgehead atoms. The van der Waals surface area contributed by atoms with Gasteiger partial charge in [-0.15, -0.1) is 11.3 Å². The topological polar surface area (TPSA) is 154 Å². The number of carbonyl (C=O) groups excluding carboxylic acids is 2. The number of nitrogens with one attached hydrogen (secondary N) is 1. The first-order chi connectivity index (χ1) is 22.0. The minimum atomic E-state index is -3.62. The smallest absolute Gasteiger partial charge is 0.240 e. The maximum Gasteiger partial charge on any atom is 0.240 e. The van der Waals surface area contributed by atoms with Gasteiger partial charge in [-0.2, -0.15) is 0 Å². The summed E-state index contributed by atoms with van der Waals surface area (Å²) in [7, 11) is -1.97. The molecule has 0 atom stereocenters. The predicted molar refractivity (Wildman–Crippen MR) is 173 cm³/mol. The number of hydrogen-bond acceptors (Lipinski definition) is 10.